The summed E-state index contributed by atoms with van der Waals surface area (Å²) >= 11 is 0. The summed E-state index contributed by atoms with van der Waals surface area (Å²) in [6, 6.07) is 15.2. The van der Waals surface area contributed by atoms with Gasteiger partial charge in [0.25, 0.3) is 5.91 Å². The predicted molar refractivity (Wildman–Crippen MR) is 122 cm³/mol. The van der Waals surface area contributed by atoms with Gasteiger partial charge in [-0.2, -0.15) is 0 Å². The van der Waals surface area contributed by atoms with Crippen molar-refractivity contribution in [3.05, 3.63) is 65.7 Å². The van der Waals surface area contributed by atoms with Gasteiger partial charge in [-0.3, -0.25) is 14.5 Å². The molecule has 1 aliphatic carbocycles. The first-order chi connectivity index (χ1) is 15.8. The van der Waals surface area contributed by atoms with Crippen LogP contribution in [0.15, 0.2) is 54.6 Å². The number of fused-ring (bicyclic) bond motifs is 2. The molecule has 33 heavy (non-hydrogen) atoms. The van der Waals surface area contributed by atoms with E-state index in [9.17, 15) is 22.8 Å². The van der Waals surface area contributed by atoms with Crippen molar-refractivity contribution in [2.45, 2.75) is 37.3 Å². The molecular formula is C24H25N3O5S. The highest BCUT2D eigenvalue weighted by molar-refractivity contribution is 7.91. The average Bonchev–Trinajstić information content (AvgIpc) is 3.27. The zero-order valence-corrected chi connectivity index (χ0v) is 18.9. The van der Waals surface area contributed by atoms with Crippen LogP contribution in [-0.4, -0.2) is 55.3 Å². The van der Waals surface area contributed by atoms with E-state index in [1.54, 1.807) is 30.3 Å². The fourth-order valence-corrected chi connectivity index (χ4v) is 6.99. The number of sulfone groups is 1. The Morgan fingerprint density at radius 1 is 1.09 bits per heavy atom. The van der Waals surface area contributed by atoms with E-state index in [0.717, 1.165) is 28.9 Å². The Bertz CT molecular complexity index is 1230. The van der Waals surface area contributed by atoms with E-state index in [0.29, 0.717) is 18.5 Å². The van der Waals surface area contributed by atoms with Gasteiger partial charge < -0.3 is 10.2 Å². The van der Waals surface area contributed by atoms with E-state index in [4.69, 9.17) is 0 Å². The number of nitrogens with zero attached hydrogens (tertiary/aromatic N) is 2. The van der Waals surface area contributed by atoms with Crippen molar-refractivity contribution >= 4 is 33.4 Å². The molecule has 2 heterocycles. The Hall–Kier alpha value is -3.20. The van der Waals surface area contributed by atoms with E-state index < -0.39 is 45.8 Å². The number of para-hydroxylation sites is 1. The molecule has 2 aromatic rings. The Morgan fingerprint density at radius 3 is 2.55 bits per heavy atom. The molecule has 2 aliphatic heterocycles. The van der Waals surface area contributed by atoms with Crippen molar-refractivity contribution in [3.8, 4) is 0 Å². The van der Waals surface area contributed by atoms with Gasteiger partial charge >= 0.3 is 6.03 Å². The summed E-state index contributed by atoms with van der Waals surface area (Å²) in [6.07, 6.45) is 2.38. The molecule has 2 fully saturated rings. The summed E-state index contributed by atoms with van der Waals surface area (Å²) in [5.41, 5.74) is 1.20. The largest absolute Gasteiger partial charge is 0.325 e. The van der Waals surface area contributed by atoms with Crippen molar-refractivity contribution in [3.63, 3.8) is 0 Å². The zero-order valence-electron chi connectivity index (χ0n) is 18.1. The van der Waals surface area contributed by atoms with Gasteiger partial charge in [-0.1, -0.05) is 42.5 Å². The number of hydrogen-bond acceptors (Lipinski definition) is 5. The predicted octanol–water partition coefficient (Wildman–Crippen LogP) is 1.99. The van der Waals surface area contributed by atoms with Crippen LogP contribution in [-0.2, 0) is 31.4 Å². The molecule has 3 aliphatic rings. The average molecular weight is 468 g/mol. The maximum atomic E-state index is 13.6. The van der Waals surface area contributed by atoms with E-state index in [-0.39, 0.29) is 11.5 Å². The van der Waals surface area contributed by atoms with Crippen LogP contribution < -0.4 is 10.2 Å². The number of carbonyl (C=O) groups is 3. The molecule has 0 aromatic heterocycles. The second-order valence-corrected chi connectivity index (χ2v) is 11.1. The van der Waals surface area contributed by atoms with Crippen LogP contribution in [0, 0.1) is 0 Å². The first-order valence-electron chi connectivity index (χ1n) is 11.1. The molecule has 8 nitrogen and oxygen atoms in total. The second-order valence-electron chi connectivity index (χ2n) is 8.89. The molecule has 2 saturated heterocycles. The third kappa shape index (κ3) is 3.70. The van der Waals surface area contributed by atoms with Gasteiger partial charge in [-0.15, -0.1) is 0 Å². The van der Waals surface area contributed by atoms with Crippen LogP contribution in [0.3, 0.4) is 0 Å². The van der Waals surface area contributed by atoms with E-state index in [2.05, 4.69) is 5.32 Å². The molecule has 0 bridgehead atoms. The van der Waals surface area contributed by atoms with Gasteiger partial charge in [-0.25, -0.2) is 13.2 Å². The highest BCUT2D eigenvalue weighted by atomic mass is 32.2. The van der Waals surface area contributed by atoms with Gasteiger partial charge in [0.15, 0.2) is 9.84 Å². The number of imide groups is 1. The molecule has 2 atom stereocenters. The molecule has 1 spiro atoms. The second kappa shape index (κ2) is 7.98. The normalized spacial score (nSPS) is 25.7. The lowest BCUT2D eigenvalue weighted by Crippen LogP contribution is -2.49. The number of anilines is 1. The number of hydrogen-bond donors (Lipinski definition) is 1. The number of amides is 4. The molecule has 5 rings (SSSR count). The highest BCUT2D eigenvalue weighted by Gasteiger charge is 2.54. The molecule has 2 aromatic carbocycles. The minimum atomic E-state index is -3.24. The number of nitrogens with one attached hydrogen (secondary N) is 1. The topological polar surface area (TPSA) is 104 Å². The van der Waals surface area contributed by atoms with Crippen LogP contribution in [0.4, 0.5) is 10.5 Å². The van der Waals surface area contributed by atoms with Gasteiger partial charge in [-0.05, 0) is 48.9 Å². The monoisotopic (exact) mass is 467 g/mol. The van der Waals surface area contributed by atoms with Gasteiger partial charge in [0.05, 0.1) is 17.5 Å². The lowest BCUT2D eigenvalue weighted by atomic mass is 9.76. The van der Waals surface area contributed by atoms with Crippen molar-refractivity contribution in [2.75, 3.05) is 23.0 Å². The number of aryl methyl sites for hydroxylation is 1. The van der Waals surface area contributed by atoms with E-state index in [1.165, 1.54) is 4.90 Å². The number of urea groups is 1. The number of carbonyl (C=O) groups excluding carboxylic acids is 3. The Morgan fingerprint density at radius 2 is 1.82 bits per heavy atom. The summed E-state index contributed by atoms with van der Waals surface area (Å²) in [7, 11) is -3.24. The van der Waals surface area contributed by atoms with Crippen molar-refractivity contribution < 1.29 is 22.8 Å². The molecule has 1 N–H and O–H groups in total. The Labute approximate surface area is 192 Å². The first-order valence-corrected chi connectivity index (χ1v) is 12.9. The summed E-state index contributed by atoms with van der Waals surface area (Å²) in [5.74, 6) is -1.03. The molecule has 172 valence electrons. The maximum absolute atomic E-state index is 13.6. The van der Waals surface area contributed by atoms with Crippen LogP contribution in [0.2, 0.25) is 0 Å². The van der Waals surface area contributed by atoms with Crippen LogP contribution in [0.5, 0.6) is 0 Å². The number of benzene rings is 2. The van der Waals surface area contributed by atoms with Crippen LogP contribution >= 0.6 is 0 Å². The van der Waals surface area contributed by atoms with Gasteiger partial charge in [0.1, 0.15) is 12.1 Å². The summed E-state index contributed by atoms with van der Waals surface area (Å²) in [4.78, 5) is 42.3. The van der Waals surface area contributed by atoms with E-state index >= 15 is 0 Å². The smallest absolute Gasteiger partial charge is 0.319 e. The lowest BCUT2D eigenvalue weighted by Gasteiger charge is -2.33. The summed E-state index contributed by atoms with van der Waals surface area (Å²) < 4.78 is 24.2. The summed E-state index contributed by atoms with van der Waals surface area (Å²) in [6.45, 7) is -0.444. The van der Waals surface area contributed by atoms with Crippen molar-refractivity contribution in [2.24, 2.45) is 0 Å². The Balaban J connectivity index is 1.44. The molecule has 2 unspecified atom stereocenters. The zero-order chi connectivity index (χ0) is 23.2. The van der Waals surface area contributed by atoms with Crippen LogP contribution in [0.25, 0.3) is 0 Å². The van der Waals surface area contributed by atoms with Gasteiger partial charge in [0.2, 0.25) is 5.91 Å². The highest BCUT2D eigenvalue weighted by Crippen LogP contribution is 2.40. The Kier molecular flexibility index (Phi) is 5.23. The minimum absolute atomic E-state index is 0.0112. The quantitative estimate of drug-likeness (QED) is 0.693. The minimum Gasteiger partial charge on any atom is -0.319 e. The lowest BCUT2D eigenvalue weighted by molar-refractivity contribution is -0.135. The van der Waals surface area contributed by atoms with Gasteiger partial charge in [0, 0.05) is 5.69 Å². The maximum Gasteiger partial charge on any atom is 0.325 e. The molecule has 0 radical (unpaired) electrons. The summed E-state index contributed by atoms with van der Waals surface area (Å²) in [5, 5.41) is 2.86. The fourth-order valence-electron chi connectivity index (χ4n) is 5.29. The van der Waals surface area contributed by atoms with Crippen LogP contribution in [0.1, 0.15) is 30.4 Å². The molecule has 0 saturated carbocycles. The van der Waals surface area contributed by atoms with E-state index in [1.807, 2.05) is 24.3 Å². The van der Waals surface area contributed by atoms with Crippen molar-refractivity contribution in [1.82, 2.24) is 10.2 Å². The third-order valence-corrected chi connectivity index (χ3v) is 8.57. The molecular weight excluding hydrogens is 442 g/mol. The fraction of sp³-hybridized carbons (Fsp3) is 0.375. The molecule has 9 heteroatoms. The van der Waals surface area contributed by atoms with Crippen molar-refractivity contribution in [1.29, 1.82) is 0 Å². The first kappa shape index (κ1) is 21.6. The third-order valence-electron chi connectivity index (χ3n) is 6.82. The standard InChI is InChI=1S/C24H25N3O5S/c28-21(27(18-9-2-1-3-10-18)19-12-14-33(31,32)16-19)15-26-22(29)24(25-23(26)30)13-6-8-17-7-4-5-11-20(17)24/h1-5,7,9-11,19H,6,8,12-16H2,(H,25,30). The number of rotatable bonds is 4. The molecule has 4 amide bonds. The SMILES string of the molecule is O=C1NC2(CCCc3ccccc32)C(=O)N1CC(=O)N(c1ccccc1)C1CCS(=O)(=O)C1.